The molecule has 0 aromatic rings. The fourth-order valence-electron chi connectivity index (χ4n) is 8.84. The Morgan fingerprint density at radius 2 is 0.594 bits per heavy atom. The summed E-state index contributed by atoms with van der Waals surface area (Å²) in [6.07, 6.45) is 53.8. The number of carbonyl (C=O) groups excluding carboxylic acids is 3. The number of ether oxygens (including phenoxy) is 3. The molecule has 0 bridgehead atoms. The van der Waals surface area contributed by atoms with Gasteiger partial charge in [0.05, 0.1) is 0 Å². The van der Waals surface area contributed by atoms with E-state index in [1.165, 1.54) is 212 Å². The van der Waals surface area contributed by atoms with E-state index in [1.54, 1.807) is 0 Å². The molecule has 2 atom stereocenters. The third-order valence-electron chi connectivity index (χ3n) is 13.6. The Bertz CT molecular complexity index is 980. The predicted molar refractivity (Wildman–Crippen MR) is 275 cm³/mol. The van der Waals surface area contributed by atoms with Crippen LogP contribution in [0.3, 0.4) is 0 Å². The lowest BCUT2D eigenvalue weighted by Crippen LogP contribution is -2.30. The number of unbranched alkanes of at least 4 members (excludes halogenated alkanes) is 36. The van der Waals surface area contributed by atoms with Gasteiger partial charge in [-0.1, -0.05) is 285 Å². The monoisotopic (exact) mass is 905 g/mol. The summed E-state index contributed by atoms with van der Waals surface area (Å²) in [6, 6.07) is 0. The quantitative estimate of drug-likeness (QED) is 0.0344. The van der Waals surface area contributed by atoms with Gasteiger partial charge in [0.1, 0.15) is 13.2 Å². The summed E-state index contributed by atoms with van der Waals surface area (Å²) in [7, 11) is 0. The van der Waals surface area contributed by atoms with Crippen LogP contribution < -0.4 is 0 Å². The van der Waals surface area contributed by atoms with E-state index in [1.807, 2.05) is 0 Å². The molecule has 0 aliphatic carbocycles. The average molecular weight is 906 g/mol. The summed E-state index contributed by atoms with van der Waals surface area (Å²) in [4.78, 5) is 38.0. The highest BCUT2D eigenvalue weighted by Gasteiger charge is 2.19. The molecule has 6 heteroatoms. The van der Waals surface area contributed by atoms with E-state index in [9.17, 15) is 14.4 Å². The summed E-state index contributed by atoms with van der Waals surface area (Å²) >= 11 is 0. The molecule has 1 unspecified atom stereocenters. The second-order valence-electron chi connectivity index (χ2n) is 20.6. The van der Waals surface area contributed by atoms with Crippen LogP contribution >= 0.6 is 0 Å². The maximum absolute atomic E-state index is 12.8. The summed E-state index contributed by atoms with van der Waals surface area (Å²) in [6.45, 7) is 11.4. The Labute approximate surface area is 399 Å². The molecule has 0 saturated heterocycles. The molecule has 0 heterocycles. The van der Waals surface area contributed by atoms with Gasteiger partial charge in [-0.3, -0.25) is 14.4 Å². The van der Waals surface area contributed by atoms with Gasteiger partial charge >= 0.3 is 17.9 Å². The van der Waals surface area contributed by atoms with Gasteiger partial charge < -0.3 is 14.2 Å². The Morgan fingerprint density at radius 1 is 0.328 bits per heavy atom. The van der Waals surface area contributed by atoms with E-state index >= 15 is 0 Å². The van der Waals surface area contributed by atoms with Crippen molar-refractivity contribution in [3.05, 3.63) is 0 Å². The first kappa shape index (κ1) is 62.4. The lowest BCUT2D eigenvalue weighted by Gasteiger charge is -2.18. The maximum atomic E-state index is 12.8. The van der Waals surface area contributed by atoms with Gasteiger partial charge in [-0.05, 0) is 31.1 Å². The number of hydrogen-bond donors (Lipinski definition) is 0. The minimum absolute atomic E-state index is 0.0629. The Kier molecular flexibility index (Phi) is 49.6. The molecule has 0 rings (SSSR count). The number of carbonyl (C=O) groups is 3. The van der Waals surface area contributed by atoms with E-state index in [2.05, 4.69) is 34.6 Å². The van der Waals surface area contributed by atoms with E-state index < -0.39 is 6.10 Å². The Hall–Kier alpha value is -1.59. The molecule has 6 nitrogen and oxygen atoms in total. The van der Waals surface area contributed by atoms with Crippen molar-refractivity contribution in [3.63, 3.8) is 0 Å². The van der Waals surface area contributed by atoms with Crippen molar-refractivity contribution < 1.29 is 28.6 Å². The minimum atomic E-state index is -0.761. The fourth-order valence-corrected chi connectivity index (χ4v) is 8.84. The third-order valence-corrected chi connectivity index (χ3v) is 13.6. The van der Waals surface area contributed by atoms with Crippen LogP contribution in [0.1, 0.15) is 324 Å². The normalized spacial score (nSPS) is 12.5. The molecule has 0 amide bonds. The molecule has 0 fully saturated rings. The number of hydrogen-bond acceptors (Lipinski definition) is 6. The summed E-state index contributed by atoms with van der Waals surface area (Å²) in [5.74, 6) is 0.894. The predicted octanol–water partition coefficient (Wildman–Crippen LogP) is 18.9. The van der Waals surface area contributed by atoms with Crippen molar-refractivity contribution in [3.8, 4) is 0 Å². The van der Waals surface area contributed by atoms with Gasteiger partial charge in [-0.25, -0.2) is 0 Å². The maximum Gasteiger partial charge on any atom is 0.306 e. The van der Waals surface area contributed by atoms with Crippen LogP contribution in [0.4, 0.5) is 0 Å². The molecule has 0 aliphatic heterocycles. The first-order valence-corrected chi connectivity index (χ1v) is 28.8. The lowest BCUT2D eigenvalue weighted by molar-refractivity contribution is -0.167. The van der Waals surface area contributed by atoms with Gasteiger partial charge in [0, 0.05) is 19.3 Å². The van der Waals surface area contributed by atoms with Crippen molar-refractivity contribution in [1.82, 2.24) is 0 Å². The van der Waals surface area contributed by atoms with Gasteiger partial charge in [0.2, 0.25) is 0 Å². The molecule has 0 aromatic carbocycles. The van der Waals surface area contributed by atoms with E-state index in [4.69, 9.17) is 14.2 Å². The topological polar surface area (TPSA) is 78.9 Å². The minimum Gasteiger partial charge on any atom is -0.462 e. The van der Waals surface area contributed by atoms with Crippen LogP contribution in [-0.2, 0) is 28.6 Å². The van der Waals surface area contributed by atoms with E-state index in [0.717, 1.165) is 69.6 Å². The Morgan fingerprint density at radius 3 is 0.891 bits per heavy atom. The zero-order valence-corrected chi connectivity index (χ0v) is 43.9. The van der Waals surface area contributed by atoms with Crippen LogP contribution in [0.5, 0.6) is 0 Å². The lowest BCUT2D eigenvalue weighted by atomic mass is 9.99. The summed E-state index contributed by atoms with van der Waals surface area (Å²) in [5.41, 5.74) is 0. The molecular formula is C58H112O6. The van der Waals surface area contributed by atoms with E-state index in [-0.39, 0.29) is 31.1 Å². The fraction of sp³-hybridized carbons (Fsp3) is 0.948. The van der Waals surface area contributed by atoms with Crippen LogP contribution in [0.25, 0.3) is 0 Å². The molecule has 380 valence electrons. The molecule has 0 N–H and O–H groups in total. The van der Waals surface area contributed by atoms with Gasteiger partial charge in [0.15, 0.2) is 6.10 Å². The van der Waals surface area contributed by atoms with Crippen LogP contribution in [0, 0.1) is 11.8 Å². The van der Waals surface area contributed by atoms with Crippen LogP contribution in [0.15, 0.2) is 0 Å². The molecule has 0 aromatic heterocycles. The zero-order valence-electron chi connectivity index (χ0n) is 43.9. The molecule has 0 aliphatic rings. The second kappa shape index (κ2) is 50.8. The first-order chi connectivity index (χ1) is 31.3. The highest BCUT2D eigenvalue weighted by Crippen LogP contribution is 2.19. The number of rotatable bonds is 52. The molecule has 0 radical (unpaired) electrons. The standard InChI is InChI=1S/C58H112O6/c1-6-8-9-10-11-12-28-35-40-45-50-58(61)64-55(52-63-57(60)49-44-39-34-30-25-21-22-26-31-36-41-46-53(3)4)51-62-56(59)48-43-38-33-29-24-20-18-16-14-13-15-17-19-23-27-32-37-42-47-54(5)7-2/h53-55H,6-52H2,1-5H3/t54?,55-/m0/s1. The van der Waals surface area contributed by atoms with Crippen LogP contribution in [0.2, 0.25) is 0 Å². The van der Waals surface area contributed by atoms with Gasteiger partial charge in [-0.2, -0.15) is 0 Å². The van der Waals surface area contributed by atoms with Crippen LogP contribution in [-0.4, -0.2) is 37.2 Å². The first-order valence-electron chi connectivity index (χ1n) is 28.8. The largest absolute Gasteiger partial charge is 0.462 e. The van der Waals surface area contributed by atoms with Crippen molar-refractivity contribution >= 4 is 17.9 Å². The number of esters is 3. The molecule has 0 spiro atoms. The van der Waals surface area contributed by atoms with Gasteiger partial charge in [-0.15, -0.1) is 0 Å². The third kappa shape index (κ3) is 49.8. The summed E-state index contributed by atoms with van der Waals surface area (Å²) in [5, 5.41) is 0. The van der Waals surface area contributed by atoms with Crippen molar-refractivity contribution in [1.29, 1.82) is 0 Å². The molecule has 0 saturated carbocycles. The SMILES string of the molecule is CCCCCCCCCCCCC(=O)O[C@@H](COC(=O)CCCCCCCCCCCCCCCCCCCCC(C)CC)COC(=O)CCCCCCCCCCCCCC(C)C. The van der Waals surface area contributed by atoms with Crippen molar-refractivity contribution in [2.75, 3.05) is 13.2 Å². The Balaban J connectivity index is 4.17. The van der Waals surface area contributed by atoms with Crippen molar-refractivity contribution in [2.24, 2.45) is 11.8 Å². The highest BCUT2D eigenvalue weighted by atomic mass is 16.6. The van der Waals surface area contributed by atoms with E-state index in [0.29, 0.717) is 19.3 Å². The molecule has 64 heavy (non-hydrogen) atoms. The second-order valence-corrected chi connectivity index (χ2v) is 20.6. The highest BCUT2D eigenvalue weighted by molar-refractivity contribution is 5.71. The summed E-state index contributed by atoms with van der Waals surface area (Å²) < 4.78 is 16.8. The van der Waals surface area contributed by atoms with Crippen molar-refractivity contribution in [2.45, 2.75) is 330 Å². The molecular weight excluding hydrogens is 793 g/mol. The smallest absolute Gasteiger partial charge is 0.306 e. The zero-order chi connectivity index (χ0) is 46.8. The van der Waals surface area contributed by atoms with Gasteiger partial charge in [0.25, 0.3) is 0 Å². The average Bonchev–Trinajstić information content (AvgIpc) is 3.28.